The fraction of sp³-hybridized carbons (Fsp3) is 0.571. The lowest BCUT2D eigenvalue weighted by Crippen LogP contribution is -2.27. The second-order valence-electron chi connectivity index (χ2n) is 4.34. The second kappa shape index (κ2) is 7.24. The molecule has 100 valence electrons. The van der Waals surface area contributed by atoms with Gasteiger partial charge in [0.15, 0.2) is 6.79 Å². The highest BCUT2D eigenvalue weighted by Gasteiger charge is 2.09. The Balaban J connectivity index is 1.96. The number of hydrogen-bond donors (Lipinski definition) is 1. The number of benzene rings is 1. The van der Waals surface area contributed by atoms with Crippen LogP contribution in [0, 0.1) is 0 Å². The third-order valence-corrected chi connectivity index (χ3v) is 3.04. The number of nitrogens with one attached hydrogen (secondary N) is 1. The molecule has 0 amide bonds. The molecule has 2 rings (SSSR count). The third kappa shape index (κ3) is 3.89. The minimum absolute atomic E-state index is 0.321. The van der Waals surface area contributed by atoms with Gasteiger partial charge in [0, 0.05) is 38.0 Å². The quantitative estimate of drug-likeness (QED) is 0.639. The highest BCUT2D eigenvalue weighted by molar-refractivity contribution is 5.50. The van der Waals surface area contributed by atoms with Gasteiger partial charge in [0.25, 0.3) is 0 Å². The summed E-state index contributed by atoms with van der Waals surface area (Å²) in [5.41, 5.74) is 1.23. The first-order valence-corrected chi connectivity index (χ1v) is 6.66. The van der Waals surface area contributed by atoms with E-state index in [0.29, 0.717) is 13.4 Å². The van der Waals surface area contributed by atoms with Crippen LogP contribution in [0.4, 0.5) is 5.69 Å². The van der Waals surface area contributed by atoms with Gasteiger partial charge in [0.2, 0.25) is 0 Å². The molecule has 0 bridgehead atoms. The maximum Gasteiger partial charge on any atom is 0.189 e. The van der Waals surface area contributed by atoms with E-state index < -0.39 is 0 Å². The highest BCUT2D eigenvalue weighted by Crippen LogP contribution is 2.21. The standard InChI is InChI=1S/C14H22N2O2/c1-2-17-12-18-14-6-3-5-13(11-14)16-9-4-7-15-8-10-16/h3,5-6,11,15H,2,4,7-10,12H2,1H3. The molecule has 4 nitrogen and oxygen atoms in total. The summed E-state index contributed by atoms with van der Waals surface area (Å²) in [6.45, 7) is 7.26. The number of nitrogens with zero attached hydrogens (tertiary/aromatic N) is 1. The van der Waals surface area contributed by atoms with Gasteiger partial charge in [-0.1, -0.05) is 6.07 Å². The maximum absolute atomic E-state index is 5.54. The lowest BCUT2D eigenvalue weighted by molar-refractivity contribution is 0.0224. The first-order chi connectivity index (χ1) is 8.90. The molecule has 1 aromatic carbocycles. The Labute approximate surface area is 109 Å². The van der Waals surface area contributed by atoms with Crippen LogP contribution in [0.15, 0.2) is 24.3 Å². The predicted octanol–water partition coefficient (Wildman–Crippen LogP) is 1.86. The van der Waals surface area contributed by atoms with Crippen molar-refractivity contribution in [3.63, 3.8) is 0 Å². The molecular weight excluding hydrogens is 228 g/mol. The monoisotopic (exact) mass is 250 g/mol. The van der Waals surface area contributed by atoms with Crippen LogP contribution in [-0.4, -0.2) is 39.6 Å². The molecular formula is C14H22N2O2. The average Bonchev–Trinajstić information content (AvgIpc) is 2.68. The SMILES string of the molecule is CCOCOc1cccc(N2CCCNCC2)c1. The number of rotatable bonds is 5. The Kier molecular flexibility index (Phi) is 5.30. The van der Waals surface area contributed by atoms with Crippen molar-refractivity contribution in [1.82, 2.24) is 5.32 Å². The lowest BCUT2D eigenvalue weighted by atomic mass is 10.2. The fourth-order valence-corrected chi connectivity index (χ4v) is 2.07. The van der Waals surface area contributed by atoms with E-state index in [9.17, 15) is 0 Å². The molecule has 0 unspecified atom stereocenters. The van der Waals surface area contributed by atoms with Crippen LogP contribution in [0.2, 0.25) is 0 Å². The fourth-order valence-electron chi connectivity index (χ4n) is 2.07. The third-order valence-electron chi connectivity index (χ3n) is 3.04. The number of hydrogen-bond acceptors (Lipinski definition) is 4. The summed E-state index contributed by atoms with van der Waals surface area (Å²) in [5.74, 6) is 0.873. The Morgan fingerprint density at radius 2 is 2.22 bits per heavy atom. The van der Waals surface area contributed by atoms with Crippen LogP contribution in [-0.2, 0) is 4.74 Å². The summed E-state index contributed by atoms with van der Waals surface area (Å²) in [7, 11) is 0. The van der Waals surface area contributed by atoms with Gasteiger partial charge < -0.3 is 19.7 Å². The summed E-state index contributed by atoms with van der Waals surface area (Å²) in [6, 6.07) is 8.23. The van der Waals surface area contributed by atoms with Gasteiger partial charge in [-0.25, -0.2) is 0 Å². The van der Waals surface area contributed by atoms with Gasteiger partial charge >= 0.3 is 0 Å². The second-order valence-corrected chi connectivity index (χ2v) is 4.34. The zero-order valence-corrected chi connectivity index (χ0v) is 11.0. The molecule has 1 fully saturated rings. The van der Waals surface area contributed by atoms with Crippen molar-refractivity contribution in [2.45, 2.75) is 13.3 Å². The van der Waals surface area contributed by atoms with Gasteiger partial charge in [-0.05, 0) is 32.0 Å². The van der Waals surface area contributed by atoms with Gasteiger partial charge in [-0.15, -0.1) is 0 Å². The summed E-state index contributed by atoms with van der Waals surface area (Å²) >= 11 is 0. The minimum Gasteiger partial charge on any atom is -0.467 e. The van der Waals surface area contributed by atoms with Crippen molar-refractivity contribution in [1.29, 1.82) is 0 Å². The van der Waals surface area contributed by atoms with E-state index >= 15 is 0 Å². The minimum atomic E-state index is 0.321. The summed E-state index contributed by atoms with van der Waals surface area (Å²) in [5, 5.41) is 3.41. The molecule has 1 aliphatic heterocycles. The molecule has 0 radical (unpaired) electrons. The zero-order valence-electron chi connectivity index (χ0n) is 11.0. The van der Waals surface area contributed by atoms with Crippen molar-refractivity contribution in [2.24, 2.45) is 0 Å². The van der Waals surface area contributed by atoms with Crippen molar-refractivity contribution in [2.75, 3.05) is 44.5 Å². The Morgan fingerprint density at radius 1 is 1.28 bits per heavy atom. The van der Waals surface area contributed by atoms with E-state index in [1.165, 1.54) is 12.1 Å². The van der Waals surface area contributed by atoms with Crippen LogP contribution in [0.25, 0.3) is 0 Å². The molecule has 4 heteroatoms. The first kappa shape index (κ1) is 13.2. The van der Waals surface area contributed by atoms with Crippen LogP contribution in [0.3, 0.4) is 0 Å². The Hall–Kier alpha value is -1.26. The Morgan fingerprint density at radius 3 is 3.11 bits per heavy atom. The molecule has 0 atom stereocenters. The molecule has 1 heterocycles. The molecule has 18 heavy (non-hydrogen) atoms. The van der Waals surface area contributed by atoms with E-state index in [4.69, 9.17) is 9.47 Å². The smallest absolute Gasteiger partial charge is 0.189 e. The molecule has 1 saturated heterocycles. The van der Waals surface area contributed by atoms with Crippen LogP contribution in [0.5, 0.6) is 5.75 Å². The van der Waals surface area contributed by atoms with Crippen LogP contribution in [0.1, 0.15) is 13.3 Å². The molecule has 1 aliphatic rings. The van der Waals surface area contributed by atoms with Crippen molar-refractivity contribution in [3.8, 4) is 5.75 Å². The van der Waals surface area contributed by atoms with Crippen LogP contribution >= 0.6 is 0 Å². The number of ether oxygens (including phenoxy) is 2. The summed E-state index contributed by atoms with van der Waals surface area (Å²) < 4.78 is 10.7. The molecule has 0 aliphatic carbocycles. The first-order valence-electron chi connectivity index (χ1n) is 6.66. The van der Waals surface area contributed by atoms with E-state index in [1.54, 1.807) is 0 Å². The van der Waals surface area contributed by atoms with E-state index in [1.807, 2.05) is 19.1 Å². The highest BCUT2D eigenvalue weighted by atomic mass is 16.7. The summed E-state index contributed by atoms with van der Waals surface area (Å²) in [4.78, 5) is 2.40. The average molecular weight is 250 g/mol. The predicted molar refractivity (Wildman–Crippen MR) is 73.3 cm³/mol. The van der Waals surface area contributed by atoms with E-state index in [-0.39, 0.29) is 0 Å². The zero-order chi connectivity index (χ0) is 12.6. The number of anilines is 1. The van der Waals surface area contributed by atoms with Crippen molar-refractivity contribution in [3.05, 3.63) is 24.3 Å². The molecule has 1 aromatic rings. The summed E-state index contributed by atoms with van der Waals surface area (Å²) in [6.07, 6.45) is 1.18. The van der Waals surface area contributed by atoms with Crippen LogP contribution < -0.4 is 15.0 Å². The van der Waals surface area contributed by atoms with Crippen molar-refractivity contribution >= 4 is 5.69 Å². The van der Waals surface area contributed by atoms with E-state index in [2.05, 4.69) is 22.3 Å². The van der Waals surface area contributed by atoms with Gasteiger partial charge in [0.1, 0.15) is 5.75 Å². The molecule has 0 spiro atoms. The topological polar surface area (TPSA) is 33.7 Å². The Bertz CT molecular complexity index is 349. The maximum atomic E-state index is 5.54. The molecule has 0 saturated carbocycles. The van der Waals surface area contributed by atoms with E-state index in [0.717, 1.165) is 31.9 Å². The lowest BCUT2D eigenvalue weighted by Gasteiger charge is -2.22. The van der Waals surface area contributed by atoms with Gasteiger partial charge in [-0.3, -0.25) is 0 Å². The van der Waals surface area contributed by atoms with Crippen molar-refractivity contribution < 1.29 is 9.47 Å². The molecule has 0 aromatic heterocycles. The molecule has 1 N–H and O–H groups in total. The largest absolute Gasteiger partial charge is 0.467 e. The van der Waals surface area contributed by atoms with Gasteiger partial charge in [-0.2, -0.15) is 0 Å². The normalized spacial score (nSPS) is 16.4. The van der Waals surface area contributed by atoms with Gasteiger partial charge in [0.05, 0.1) is 0 Å².